The van der Waals surface area contributed by atoms with Crippen LogP contribution in [0.5, 0.6) is 0 Å². The van der Waals surface area contributed by atoms with Gasteiger partial charge in [-0.3, -0.25) is 9.59 Å². The second-order valence-corrected chi connectivity index (χ2v) is 14.9. The minimum atomic E-state index is -4.84. The summed E-state index contributed by atoms with van der Waals surface area (Å²) < 4.78 is 86.5. The lowest BCUT2D eigenvalue weighted by molar-refractivity contribution is -0.154. The lowest BCUT2D eigenvalue weighted by Crippen LogP contribution is -2.44. The van der Waals surface area contributed by atoms with Crippen molar-refractivity contribution in [3.05, 3.63) is 47.3 Å². The average molecular weight is 773 g/mol. The van der Waals surface area contributed by atoms with Crippen LogP contribution >= 0.6 is 0 Å². The number of nitrogens with zero attached hydrogens (tertiary/aromatic N) is 5. The lowest BCUT2D eigenvalue weighted by Gasteiger charge is -2.34. The Labute approximate surface area is 311 Å². The second-order valence-electron chi connectivity index (χ2n) is 14.9. The fourth-order valence-electron chi connectivity index (χ4n) is 6.43. The molecule has 3 N–H and O–H groups in total. The quantitative estimate of drug-likeness (QED) is 0.190. The van der Waals surface area contributed by atoms with Gasteiger partial charge in [0.25, 0.3) is 0 Å². The molecule has 3 amide bonds. The van der Waals surface area contributed by atoms with Crippen LogP contribution in [0, 0.1) is 5.92 Å². The molecule has 2 aliphatic heterocycles. The molecule has 0 radical (unpaired) electrons. The molecule has 1 aromatic heterocycles. The van der Waals surface area contributed by atoms with Crippen molar-refractivity contribution in [1.29, 1.82) is 0 Å². The summed E-state index contributed by atoms with van der Waals surface area (Å²) in [6.45, 7) is 7.00. The molecule has 4 rings (SSSR count). The standard InChI is InChI=1S/C36H50F6N8O4/c1-34(2,3)54-30(51)12-17-45-33(53)44-16-11-24-13-18-49(19-14-24)28-21-29(47-32(46-28)36(40,41)42)50-22-26(48(4)5)20-27(50)31(52)43-15-10-23-6-8-25(9-7-23)35(37,38)39/h6-9,21,24,26-27H,10-20,22H2,1-5H3,(H,43,52)(H2,44,45,53)/t26-,27+/m1/s1. The highest BCUT2D eigenvalue weighted by Gasteiger charge is 2.42. The third-order valence-electron chi connectivity index (χ3n) is 9.36. The number of urea groups is 1. The molecule has 18 heteroatoms. The molecule has 0 saturated carbocycles. The molecule has 0 spiro atoms. The fourth-order valence-corrected chi connectivity index (χ4v) is 6.43. The zero-order chi connectivity index (χ0) is 39.8. The van der Waals surface area contributed by atoms with Crippen molar-refractivity contribution < 1.29 is 45.5 Å². The van der Waals surface area contributed by atoms with E-state index < -0.39 is 53.3 Å². The Morgan fingerprint density at radius 1 is 0.870 bits per heavy atom. The van der Waals surface area contributed by atoms with Crippen molar-refractivity contribution in [2.24, 2.45) is 5.92 Å². The number of anilines is 2. The van der Waals surface area contributed by atoms with E-state index in [-0.39, 0.29) is 56.1 Å². The molecule has 2 aliphatic rings. The third-order valence-corrected chi connectivity index (χ3v) is 9.36. The smallest absolute Gasteiger partial charge is 0.451 e. The predicted octanol–water partition coefficient (Wildman–Crippen LogP) is 5.02. The van der Waals surface area contributed by atoms with Crippen LogP contribution in [0.2, 0.25) is 0 Å². The molecule has 54 heavy (non-hydrogen) atoms. The van der Waals surface area contributed by atoms with Gasteiger partial charge in [0.1, 0.15) is 23.3 Å². The Morgan fingerprint density at radius 3 is 2.09 bits per heavy atom. The van der Waals surface area contributed by atoms with Crippen molar-refractivity contribution in [3.8, 4) is 0 Å². The minimum Gasteiger partial charge on any atom is -0.460 e. The van der Waals surface area contributed by atoms with Gasteiger partial charge in [-0.25, -0.2) is 14.8 Å². The summed E-state index contributed by atoms with van der Waals surface area (Å²) in [4.78, 5) is 50.5. The van der Waals surface area contributed by atoms with E-state index in [4.69, 9.17) is 4.74 Å². The molecule has 0 aliphatic carbocycles. The largest absolute Gasteiger partial charge is 0.460 e. The highest BCUT2D eigenvalue weighted by Crippen LogP contribution is 2.35. The third kappa shape index (κ3) is 12.6. The predicted molar refractivity (Wildman–Crippen MR) is 190 cm³/mol. The molecule has 2 fully saturated rings. The van der Waals surface area contributed by atoms with Crippen LogP contribution in [-0.2, 0) is 33.1 Å². The van der Waals surface area contributed by atoms with Crippen molar-refractivity contribution >= 4 is 29.5 Å². The van der Waals surface area contributed by atoms with Gasteiger partial charge in [-0.05, 0) is 90.6 Å². The molecule has 300 valence electrons. The van der Waals surface area contributed by atoms with Crippen molar-refractivity contribution in [1.82, 2.24) is 30.8 Å². The number of ether oxygens (including phenoxy) is 1. The molecule has 3 heterocycles. The fraction of sp³-hybridized carbons (Fsp3) is 0.639. The maximum absolute atomic E-state index is 14.2. The van der Waals surface area contributed by atoms with Crippen LogP contribution in [0.25, 0.3) is 0 Å². The van der Waals surface area contributed by atoms with E-state index in [9.17, 15) is 40.7 Å². The van der Waals surface area contributed by atoms with Gasteiger partial charge in [-0.1, -0.05) is 12.1 Å². The number of alkyl halides is 6. The summed E-state index contributed by atoms with van der Waals surface area (Å²) in [5.74, 6) is -1.86. The Kier molecular flexibility index (Phi) is 14.0. The second kappa shape index (κ2) is 17.9. The Balaban J connectivity index is 1.35. The average Bonchev–Trinajstić information content (AvgIpc) is 3.54. The number of likely N-dealkylation sites (N-methyl/N-ethyl adjacent to an activating group) is 1. The van der Waals surface area contributed by atoms with Crippen LogP contribution in [0.1, 0.15) is 69.8 Å². The highest BCUT2D eigenvalue weighted by molar-refractivity contribution is 5.86. The number of aromatic nitrogens is 2. The van der Waals surface area contributed by atoms with Crippen molar-refractivity contribution in [2.45, 2.75) is 89.3 Å². The number of hydrogen-bond acceptors (Lipinski definition) is 9. The molecule has 0 unspecified atom stereocenters. The first-order valence-corrected chi connectivity index (χ1v) is 18.0. The monoisotopic (exact) mass is 772 g/mol. The zero-order valence-electron chi connectivity index (χ0n) is 31.2. The first kappa shape index (κ1) is 42.4. The van der Waals surface area contributed by atoms with E-state index in [1.807, 2.05) is 19.0 Å². The Hall–Kier alpha value is -4.35. The Morgan fingerprint density at radius 2 is 1.50 bits per heavy atom. The number of hydrogen-bond donors (Lipinski definition) is 3. The lowest BCUT2D eigenvalue weighted by atomic mass is 9.93. The van der Waals surface area contributed by atoms with Gasteiger partial charge in [-0.2, -0.15) is 26.3 Å². The number of nitrogens with one attached hydrogen (secondary N) is 3. The van der Waals surface area contributed by atoms with Gasteiger partial charge >= 0.3 is 24.4 Å². The van der Waals surface area contributed by atoms with E-state index in [0.717, 1.165) is 12.1 Å². The number of carbonyl (C=O) groups excluding carboxylic acids is 3. The van der Waals surface area contributed by atoms with Gasteiger partial charge in [0.15, 0.2) is 0 Å². The molecule has 12 nitrogen and oxygen atoms in total. The summed E-state index contributed by atoms with van der Waals surface area (Å²) >= 11 is 0. The SMILES string of the molecule is CN(C)[C@@H]1C[C@@H](C(=O)NCCc2ccc(C(F)(F)F)cc2)N(c2cc(N3CCC(CCNC(=O)NCCC(=O)OC(C)(C)C)CC3)nc(C(F)(F)F)n2)C1. The topological polar surface area (TPSA) is 132 Å². The maximum Gasteiger partial charge on any atom is 0.451 e. The Bertz CT molecular complexity index is 1570. The molecular weight excluding hydrogens is 722 g/mol. The van der Waals surface area contributed by atoms with Crippen molar-refractivity contribution in [2.75, 3.05) is 63.2 Å². The number of esters is 1. The molecule has 1 aromatic carbocycles. The summed E-state index contributed by atoms with van der Waals surface area (Å²) in [6, 6.07) is 4.70. The van der Waals surface area contributed by atoms with Crippen LogP contribution in [0.3, 0.4) is 0 Å². The number of amides is 3. The molecule has 2 saturated heterocycles. The number of carbonyl (C=O) groups is 3. The van der Waals surface area contributed by atoms with E-state index in [0.29, 0.717) is 50.9 Å². The summed E-state index contributed by atoms with van der Waals surface area (Å²) in [6.07, 6.45) is -6.72. The van der Waals surface area contributed by atoms with Gasteiger partial charge in [0, 0.05) is 51.4 Å². The van der Waals surface area contributed by atoms with E-state index >= 15 is 0 Å². The van der Waals surface area contributed by atoms with Gasteiger partial charge < -0.3 is 35.4 Å². The van der Waals surface area contributed by atoms with E-state index in [1.54, 1.807) is 30.6 Å². The van der Waals surface area contributed by atoms with Crippen LogP contribution in [0.15, 0.2) is 30.3 Å². The van der Waals surface area contributed by atoms with Gasteiger partial charge in [0.2, 0.25) is 11.7 Å². The normalized spacial score (nSPS) is 18.5. The van der Waals surface area contributed by atoms with Crippen molar-refractivity contribution in [3.63, 3.8) is 0 Å². The molecular formula is C36H50F6N8O4. The van der Waals surface area contributed by atoms with E-state index in [2.05, 4.69) is 25.9 Å². The summed E-state index contributed by atoms with van der Waals surface area (Å²) in [7, 11) is 3.64. The zero-order valence-corrected chi connectivity index (χ0v) is 31.2. The van der Waals surface area contributed by atoms with Crippen LogP contribution in [0.4, 0.5) is 42.8 Å². The number of benzene rings is 1. The highest BCUT2D eigenvalue weighted by atomic mass is 19.4. The van der Waals surface area contributed by atoms with Gasteiger partial charge in [-0.15, -0.1) is 0 Å². The first-order chi connectivity index (χ1) is 25.2. The summed E-state index contributed by atoms with van der Waals surface area (Å²) in [5.41, 5.74) is -0.795. The van der Waals surface area contributed by atoms with Crippen LogP contribution in [-0.4, -0.2) is 104 Å². The van der Waals surface area contributed by atoms with Crippen LogP contribution < -0.4 is 25.8 Å². The van der Waals surface area contributed by atoms with E-state index in [1.165, 1.54) is 18.2 Å². The summed E-state index contributed by atoms with van der Waals surface area (Å²) in [5, 5.41) is 8.20. The molecule has 2 aromatic rings. The number of piperidine rings is 1. The minimum absolute atomic E-state index is 0.0245. The number of rotatable bonds is 13. The molecule has 0 bridgehead atoms. The maximum atomic E-state index is 14.2. The first-order valence-electron chi connectivity index (χ1n) is 18.0. The van der Waals surface area contributed by atoms with Gasteiger partial charge in [0.05, 0.1) is 12.0 Å². The molecule has 2 atom stereocenters. The number of halogens is 6.